The van der Waals surface area contributed by atoms with E-state index >= 15 is 0 Å². The summed E-state index contributed by atoms with van der Waals surface area (Å²) in [6.45, 7) is 2.43. The lowest BCUT2D eigenvalue weighted by Crippen LogP contribution is -2.32. The average molecular weight is 505 g/mol. The van der Waals surface area contributed by atoms with Gasteiger partial charge in [0.1, 0.15) is 6.61 Å². The fourth-order valence-electron chi connectivity index (χ4n) is 5.85. The topological polar surface area (TPSA) is 102 Å². The molecule has 0 amide bonds. The first-order valence-electron chi connectivity index (χ1n) is 12.6. The second-order valence-corrected chi connectivity index (χ2v) is 10.00. The van der Waals surface area contributed by atoms with Crippen molar-refractivity contribution in [2.45, 2.75) is 32.6 Å². The molecular formula is C31H24N2O5. The number of aliphatic hydroxyl groups excluding tert-OH is 2. The summed E-state index contributed by atoms with van der Waals surface area (Å²) in [6, 6.07) is 20.4. The lowest BCUT2D eigenvalue weighted by atomic mass is 9.94. The lowest BCUT2D eigenvalue weighted by Gasteiger charge is -2.21. The number of nitrogens with zero attached hydrogens (tertiary/aromatic N) is 2. The van der Waals surface area contributed by atoms with E-state index in [0.717, 1.165) is 49.5 Å². The molecule has 0 radical (unpaired) electrons. The number of benzene rings is 3. The third kappa shape index (κ3) is 3.25. The molecule has 2 aliphatic heterocycles. The van der Waals surface area contributed by atoms with Crippen molar-refractivity contribution in [2.24, 2.45) is 0 Å². The van der Waals surface area contributed by atoms with Crippen LogP contribution in [0.2, 0.25) is 0 Å². The summed E-state index contributed by atoms with van der Waals surface area (Å²) in [5, 5.41) is 22.8. The summed E-state index contributed by atoms with van der Waals surface area (Å²) >= 11 is 0. The monoisotopic (exact) mass is 504 g/mol. The van der Waals surface area contributed by atoms with Gasteiger partial charge in [-0.25, -0.2) is 9.78 Å². The molecule has 0 bridgehead atoms. The average Bonchev–Trinajstić information content (AvgIpc) is 3.30. The number of hydrogen-bond donors (Lipinski definition) is 2. The summed E-state index contributed by atoms with van der Waals surface area (Å²) in [7, 11) is 0. The van der Waals surface area contributed by atoms with Crippen molar-refractivity contribution < 1.29 is 19.7 Å². The van der Waals surface area contributed by atoms with Crippen LogP contribution in [0.1, 0.15) is 33.9 Å². The number of hydrogen-bond acceptors (Lipinski definition) is 6. The number of fused-ring (bicyclic) bond motifs is 7. The second kappa shape index (κ2) is 8.34. The van der Waals surface area contributed by atoms with Gasteiger partial charge in [-0.1, -0.05) is 42.5 Å². The molecule has 2 aliphatic rings. The number of aliphatic hydroxyl groups is 2. The molecule has 0 aliphatic carbocycles. The molecular weight excluding hydrogens is 480 g/mol. The van der Waals surface area contributed by atoms with E-state index in [1.807, 2.05) is 18.2 Å². The van der Waals surface area contributed by atoms with Gasteiger partial charge in [-0.15, -0.1) is 0 Å². The fourth-order valence-corrected chi connectivity index (χ4v) is 5.85. The molecule has 188 valence electrons. The van der Waals surface area contributed by atoms with Crippen LogP contribution in [0.4, 0.5) is 0 Å². The van der Waals surface area contributed by atoms with Crippen molar-refractivity contribution in [1.29, 1.82) is 0 Å². The van der Waals surface area contributed by atoms with E-state index < -0.39 is 12.1 Å². The summed E-state index contributed by atoms with van der Waals surface area (Å²) in [5.74, 6) is -0.743. The Bertz CT molecular complexity index is 1870. The first kappa shape index (κ1) is 22.8. The predicted molar refractivity (Wildman–Crippen MR) is 144 cm³/mol. The van der Waals surface area contributed by atoms with Gasteiger partial charge in [0.2, 0.25) is 0 Å². The normalized spacial score (nSPS) is 15.9. The number of esters is 1. The van der Waals surface area contributed by atoms with E-state index in [-0.39, 0.29) is 18.8 Å². The van der Waals surface area contributed by atoms with Gasteiger partial charge in [-0.3, -0.25) is 4.79 Å². The zero-order valence-corrected chi connectivity index (χ0v) is 20.7. The molecule has 5 aromatic rings. The van der Waals surface area contributed by atoms with E-state index in [4.69, 9.17) is 9.72 Å². The van der Waals surface area contributed by atoms with Gasteiger partial charge >= 0.3 is 5.97 Å². The van der Waals surface area contributed by atoms with Crippen LogP contribution in [0.25, 0.3) is 44.2 Å². The Morgan fingerprint density at radius 3 is 2.55 bits per heavy atom. The summed E-state index contributed by atoms with van der Waals surface area (Å²) in [5.41, 5.74) is 7.79. The molecule has 7 heteroatoms. The first-order valence-corrected chi connectivity index (χ1v) is 12.6. The molecule has 0 saturated heterocycles. The Morgan fingerprint density at radius 1 is 1.00 bits per heavy atom. The van der Waals surface area contributed by atoms with Gasteiger partial charge in [-0.2, -0.15) is 0 Å². The number of rotatable bonds is 3. The van der Waals surface area contributed by atoms with Gasteiger partial charge in [0.15, 0.2) is 6.10 Å². The molecule has 7 rings (SSSR count). The van der Waals surface area contributed by atoms with Crippen LogP contribution in [0.15, 0.2) is 65.5 Å². The maximum atomic E-state index is 13.3. The molecule has 38 heavy (non-hydrogen) atoms. The van der Waals surface area contributed by atoms with Crippen molar-refractivity contribution >= 4 is 27.6 Å². The Balaban J connectivity index is 1.41. The lowest BCUT2D eigenvalue weighted by molar-refractivity contribution is -0.157. The maximum Gasteiger partial charge on any atom is 0.340 e. The number of aromatic nitrogens is 2. The first-order chi connectivity index (χ1) is 18.4. The van der Waals surface area contributed by atoms with Crippen LogP contribution in [0, 0.1) is 6.92 Å². The number of pyridine rings is 2. The molecule has 2 N–H and O–H groups in total. The van der Waals surface area contributed by atoms with Crippen molar-refractivity contribution in [3.05, 3.63) is 98.8 Å². The maximum absolute atomic E-state index is 13.3. The molecule has 0 saturated carbocycles. The van der Waals surface area contributed by atoms with Crippen LogP contribution >= 0.6 is 0 Å². The standard InChI is InChI=1S/C31H24N2O5/c1-16-23-14-33-26(13-22-24(30(33)36)15-38-31(37)29(22)35)28(23)32-25-9-8-19-6-7-20(12-21(19)27(16)25)18-4-2-17(3-5-18)10-11-34/h2-9,12-13,29,34-35H,10-11,14-15H2,1H3. The minimum absolute atomic E-state index is 0.128. The summed E-state index contributed by atoms with van der Waals surface area (Å²) in [6.07, 6.45) is -0.835. The van der Waals surface area contributed by atoms with Crippen LogP contribution in [-0.2, 0) is 29.1 Å². The highest BCUT2D eigenvalue weighted by molar-refractivity contribution is 6.10. The quantitative estimate of drug-likeness (QED) is 0.277. The number of carbonyl (C=O) groups is 1. The van der Waals surface area contributed by atoms with E-state index in [9.17, 15) is 19.8 Å². The zero-order valence-electron chi connectivity index (χ0n) is 20.7. The van der Waals surface area contributed by atoms with Gasteiger partial charge in [-0.05, 0) is 64.6 Å². The second-order valence-electron chi connectivity index (χ2n) is 10.00. The Labute approximate surface area is 217 Å². The molecule has 3 aromatic carbocycles. The summed E-state index contributed by atoms with van der Waals surface area (Å²) in [4.78, 5) is 30.3. The molecule has 4 heterocycles. The largest absolute Gasteiger partial charge is 0.458 e. The van der Waals surface area contributed by atoms with E-state index in [2.05, 4.69) is 43.3 Å². The van der Waals surface area contributed by atoms with Crippen molar-refractivity contribution in [3.63, 3.8) is 0 Å². The van der Waals surface area contributed by atoms with Gasteiger partial charge < -0.3 is 19.5 Å². The van der Waals surface area contributed by atoms with Crippen LogP contribution in [-0.4, -0.2) is 32.3 Å². The molecule has 1 atom stereocenters. The number of aryl methyl sites for hydroxylation is 1. The van der Waals surface area contributed by atoms with Crippen molar-refractivity contribution in [3.8, 4) is 22.5 Å². The van der Waals surface area contributed by atoms with Crippen molar-refractivity contribution in [2.75, 3.05) is 6.61 Å². The minimum Gasteiger partial charge on any atom is -0.458 e. The Hall–Kier alpha value is -4.33. The smallest absolute Gasteiger partial charge is 0.340 e. The fraction of sp³-hybridized carbons (Fsp3) is 0.194. The molecule has 7 nitrogen and oxygen atoms in total. The minimum atomic E-state index is -1.47. The van der Waals surface area contributed by atoms with Gasteiger partial charge in [0, 0.05) is 23.1 Å². The summed E-state index contributed by atoms with van der Waals surface area (Å²) < 4.78 is 6.67. The molecule has 0 fully saturated rings. The Kier molecular flexibility index (Phi) is 5.01. The zero-order chi connectivity index (χ0) is 26.1. The SMILES string of the molecule is Cc1c2c(nc3ccc4ccc(-c5ccc(CCO)cc5)cc4c13)-c1cc3c(c(=O)n1C2)COC(=O)C3O. The van der Waals surface area contributed by atoms with Crippen LogP contribution < -0.4 is 5.56 Å². The number of carbonyl (C=O) groups excluding carboxylic acids is 1. The van der Waals surface area contributed by atoms with Gasteiger partial charge in [0.05, 0.1) is 29.0 Å². The van der Waals surface area contributed by atoms with Crippen molar-refractivity contribution in [1.82, 2.24) is 9.55 Å². The van der Waals surface area contributed by atoms with Crippen LogP contribution in [0.5, 0.6) is 0 Å². The highest BCUT2D eigenvalue weighted by Gasteiger charge is 2.34. The van der Waals surface area contributed by atoms with E-state index in [1.165, 1.54) is 0 Å². The van der Waals surface area contributed by atoms with Crippen LogP contribution in [0.3, 0.4) is 0 Å². The highest BCUT2D eigenvalue weighted by atomic mass is 16.5. The molecule has 1 unspecified atom stereocenters. The highest BCUT2D eigenvalue weighted by Crippen LogP contribution is 2.40. The number of ether oxygens (including phenoxy) is 1. The third-order valence-electron chi connectivity index (χ3n) is 7.90. The molecule has 0 spiro atoms. The Morgan fingerprint density at radius 2 is 1.76 bits per heavy atom. The van der Waals surface area contributed by atoms with E-state index in [0.29, 0.717) is 35.5 Å². The molecule has 2 aromatic heterocycles. The van der Waals surface area contributed by atoms with Gasteiger partial charge in [0.25, 0.3) is 5.56 Å². The number of cyclic esters (lactones) is 1. The van der Waals surface area contributed by atoms with E-state index in [1.54, 1.807) is 10.6 Å². The predicted octanol–water partition coefficient (Wildman–Crippen LogP) is 4.18. The third-order valence-corrected chi connectivity index (χ3v) is 7.90.